The minimum atomic E-state index is -0.564. The summed E-state index contributed by atoms with van der Waals surface area (Å²) in [5.41, 5.74) is 4.90. The molecule has 122 valence electrons. The largest absolute Gasteiger partial charge is 0.368 e. The summed E-state index contributed by atoms with van der Waals surface area (Å²) in [6.07, 6.45) is 7.46. The topological polar surface area (TPSA) is 61.6 Å². The first-order chi connectivity index (χ1) is 10.0. The molecule has 1 aliphatic heterocycles. The summed E-state index contributed by atoms with van der Waals surface area (Å²) in [7, 11) is 1.81. The molecule has 1 saturated carbocycles. The maximum Gasteiger partial charge on any atom is 0.237 e. The van der Waals surface area contributed by atoms with Gasteiger partial charge in [0.25, 0.3) is 0 Å². The first kappa shape index (κ1) is 16.7. The Morgan fingerprint density at radius 1 is 1.24 bits per heavy atom. The summed E-state index contributed by atoms with van der Waals surface area (Å²) in [6, 6.07) is 0.856. The van der Waals surface area contributed by atoms with E-state index < -0.39 is 5.54 Å². The maximum atomic E-state index is 11.5. The summed E-state index contributed by atoms with van der Waals surface area (Å²) in [6.45, 7) is 7.73. The van der Waals surface area contributed by atoms with Crippen LogP contribution in [0.5, 0.6) is 0 Å². The second-order valence-electron chi connectivity index (χ2n) is 6.87. The molecular weight excluding hydrogens is 264 g/mol. The fourth-order valence-electron chi connectivity index (χ4n) is 3.65. The van der Waals surface area contributed by atoms with Gasteiger partial charge in [-0.15, -0.1) is 0 Å². The van der Waals surface area contributed by atoms with Gasteiger partial charge in [0.2, 0.25) is 5.91 Å². The summed E-state index contributed by atoms with van der Waals surface area (Å²) in [5, 5.41) is 3.06. The quantitative estimate of drug-likeness (QED) is 0.729. The monoisotopic (exact) mass is 296 g/mol. The van der Waals surface area contributed by atoms with Gasteiger partial charge in [0.15, 0.2) is 0 Å². The Labute approximate surface area is 129 Å². The van der Waals surface area contributed by atoms with E-state index in [9.17, 15) is 4.79 Å². The predicted octanol–water partition coefficient (Wildman–Crippen LogP) is 0.790. The van der Waals surface area contributed by atoms with E-state index in [4.69, 9.17) is 5.73 Å². The Bertz CT molecular complexity index is 335. The van der Waals surface area contributed by atoms with Gasteiger partial charge >= 0.3 is 0 Å². The molecule has 21 heavy (non-hydrogen) atoms. The van der Waals surface area contributed by atoms with Gasteiger partial charge in [-0.3, -0.25) is 9.69 Å². The molecule has 1 heterocycles. The Kier molecular flexibility index (Phi) is 6.02. The molecule has 1 amide bonds. The molecule has 0 aromatic heterocycles. The molecule has 1 saturated heterocycles. The predicted molar refractivity (Wildman–Crippen MR) is 86.2 cm³/mol. The lowest BCUT2D eigenvalue weighted by atomic mass is 9.95. The number of likely N-dealkylation sites (N-methyl/N-ethyl adjacent to an activating group) is 1. The van der Waals surface area contributed by atoms with E-state index in [2.05, 4.69) is 15.1 Å². The van der Waals surface area contributed by atoms with Crippen LogP contribution in [0.15, 0.2) is 0 Å². The van der Waals surface area contributed by atoms with Crippen LogP contribution in [0.2, 0.25) is 0 Å². The van der Waals surface area contributed by atoms with Crippen LogP contribution in [0.1, 0.15) is 45.4 Å². The molecule has 2 aliphatic rings. The van der Waals surface area contributed by atoms with Crippen LogP contribution < -0.4 is 11.1 Å². The van der Waals surface area contributed by atoms with Crippen molar-refractivity contribution in [2.24, 2.45) is 5.73 Å². The summed E-state index contributed by atoms with van der Waals surface area (Å²) >= 11 is 0. The smallest absolute Gasteiger partial charge is 0.237 e. The van der Waals surface area contributed by atoms with E-state index >= 15 is 0 Å². The van der Waals surface area contributed by atoms with Gasteiger partial charge in [0.05, 0.1) is 5.54 Å². The zero-order valence-electron chi connectivity index (χ0n) is 13.7. The van der Waals surface area contributed by atoms with E-state index in [1.165, 1.54) is 51.9 Å². The van der Waals surface area contributed by atoms with Crippen molar-refractivity contribution >= 4 is 5.91 Å². The highest BCUT2D eigenvalue weighted by Crippen LogP contribution is 2.24. The number of carbonyl (C=O) groups is 1. The third-order valence-electron chi connectivity index (χ3n) is 5.49. The van der Waals surface area contributed by atoms with Crippen LogP contribution in [-0.4, -0.2) is 67.1 Å². The number of piperazine rings is 1. The number of rotatable bonds is 7. The van der Waals surface area contributed by atoms with E-state index in [1.54, 1.807) is 0 Å². The lowest BCUT2D eigenvalue weighted by Crippen LogP contribution is -2.52. The molecule has 1 atom stereocenters. The maximum absolute atomic E-state index is 11.5. The lowest BCUT2D eigenvalue weighted by molar-refractivity contribution is -0.123. The molecule has 1 unspecified atom stereocenters. The summed E-state index contributed by atoms with van der Waals surface area (Å²) in [5.74, 6) is -0.254. The van der Waals surface area contributed by atoms with Gasteiger partial charge in [-0.05, 0) is 46.2 Å². The number of hydrogen-bond donors (Lipinski definition) is 2. The highest BCUT2D eigenvalue weighted by atomic mass is 16.1. The van der Waals surface area contributed by atoms with Gasteiger partial charge in [0.1, 0.15) is 0 Å². The van der Waals surface area contributed by atoms with Crippen molar-refractivity contribution in [2.75, 3.05) is 39.8 Å². The molecule has 2 rings (SSSR count). The first-order valence-electron chi connectivity index (χ1n) is 8.50. The minimum absolute atomic E-state index is 0.254. The van der Waals surface area contributed by atoms with Crippen molar-refractivity contribution in [3.05, 3.63) is 0 Å². The average molecular weight is 296 g/mol. The van der Waals surface area contributed by atoms with Crippen molar-refractivity contribution in [1.29, 1.82) is 0 Å². The average Bonchev–Trinajstić information content (AvgIpc) is 3.02. The van der Waals surface area contributed by atoms with E-state index in [0.29, 0.717) is 0 Å². The highest BCUT2D eigenvalue weighted by molar-refractivity contribution is 5.84. The zero-order valence-corrected chi connectivity index (χ0v) is 13.7. The molecule has 0 aromatic carbocycles. The highest BCUT2D eigenvalue weighted by Gasteiger charge is 2.29. The Morgan fingerprint density at radius 2 is 1.86 bits per heavy atom. The second-order valence-corrected chi connectivity index (χ2v) is 6.87. The lowest BCUT2D eigenvalue weighted by Gasteiger charge is -2.38. The molecule has 5 heteroatoms. The van der Waals surface area contributed by atoms with Crippen LogP contribution >= 0.6 is 0 Å². The van der Waals surface area contributed by atoms with Gasteiger partial charge in [-0.2, -0.15) is 0 Å². The molecule has 1 aliphatic carbocycles. The number of carbonyl (C=O) groups excluding carboxylic acids is 1. The molecule has 0 bridgehead atoms. The van der Waals surface area contributed by atoms with Crippen molar-refractivity contribution in [3.8, 4) is 0 Å². The Hall–Kier alpha value is -0.650. The van der Waals surface area contributed by atoms with Crippen molar-refractivity contribution in [1.82, 2.24) is 15.1 Å². The SMILES string of the molecule is CNC(C)(CCCN1CCN(C2CCCC2)CC1)C(N)=O. The number of nitrogens with two attached hydrogens (primary N) is 1. The van der Waals surface area contributed by atoms with Crippen LogP contribution in [0.25, 0.3) is 0 Å². The number of hydrogen-bond acceptors (Lipinski definition) is 4. The molecule has 0 spiro atoms. The van der Waals surface area contributed by atoms with Gasteiger partial charge in [0, 0.05) is 32.2 Å². The molecule has 3 N–H and O–H groups in total. The number of primary amides is 1. The fourth-order valence-corrected chi connectivity index (χ4v) is 3.65. The first-order valence-corrected chi connectivity index (χ1v) is 8.50. The minimum Gasteiger partial charge on any atom is -0.368 e. The second kappa shape index (κ2) is 7.56. The molecular formula is C16H32N4O. The van der Waals surface area contributed by atoms with Crippen LogP contribution in [0.3, 0.4) is 0 Å². The Morgan fingerprint density at radius 3 is 2.38 bits per heavy atom. The van der Waals surface area contributed by atoms with Crippen LogP contribution in [0.4, 0.5) is 0 Å². The van der Waals surface area contributed by atoms with Crippen LogP contribution in [-0.2, 0) is 4.79 Å². The Balaban J connectivity index is 1.65. The molecule has 0 radical (unpaired) electrons. The number of nitrogens with zero attached hydrogens (tertiary/aromatic N) is 2. The standard InChI is InChI=1S/C16H32N4O/c1-16(18-2,15(17)21)8-5-9-19-10-12-20(13-11-19)14-6-3-4-7-14/h14,18H,3-13H2,1-2H3,(H2,17,21). The number of nitrogens with one attached hydrogen (secondary N) is 1. The fraction of sp³-hybridized carbons (Fsp3) is 0.938. The van der Waals surface area contributed by atoms with Gasteiger partial charge < -0.3 is 16.0 Å². The van der Waals surface area contributed by atoms with E-state index in [0.717, 1.165) is 25.4 Å². The number of amides is 1. The van der Waals surface area contributed by atoms with Gasteiger partial charge in [-0.25, -0.2) is 0 Å². The molecule has 5 nitrogen and oxygen atoms in total. The van der Waals surface area contributed by atoms with Crippen molar-refractivity contribution < 1.29 is 4.79 Å². The third-order valence-corrected chi connectivity index (χ3v) is 5.49. The molecule has 2 fully saturated rings. The third kappa shape index (κ3) is 4.41. The summed E-state index contributed by atoms with van der Waals surface area (Å²) in [4.78, 5) is 16.7. The van der Waals surface area contributed by atoms with Crippen molar-refractivity contribution in [2.45, 2.75) is 57.0 Å². The van der Waals surface area contributed by atoms with Crippen molar-refractivity contribution in [3.63, 3.8) is 0 Å². The summed E-state index contributed by atoms with van der Waals surface area (Å²) < 4.78 is 0. The van der Waals surface area contributed by atoms with Crippen LogP contribution in [0, 0.1) is 0 Å². The van der Waals surface area contributed by atoms with Gasteiger partial charge in [-0.1, -0.05) is 12.8 Å². The molecule has 0 aromatic rings. The van der Waals surface area contributed by atoms with E-state index in [1.807, 2.05) is 14.0 Å². The zero-order chi connectivity index (χ0) is 15.3. The normalized spacial score (nSPS) is 25.0. The van der Waals surface area contributed by atoms with E-state index in [-0.39, 0.29) is 5.91 Å².